The zero-order valence-corrected chi connectivity index (χ0v) is 13.4. The van der Waals surface area contributed by atoms with Gasteiger partial charge in [-0.15, -0.1) is 0 Å². The van der Waals surface area contributed by atoms with Crippen molar-refractivity contribution in [2.75, 3.05) is 11.6 Å². The molecule has 114 valence electrons. The van der Waals surface area contributed by atoms with E-state index in [1.54, 1.807) is 36.4 Å². The first-order valence-corrected chi connectivity index (χ1v) is 8.66. The van der Waals surface area contributed by atoms with Gasteiger partial charge in [0.05, 0.1) is 4.90 Å². The van der Waals surface area contributed by atoms with Gasteiger partial charge in [0.1, 0.15) is 0 Å². The van der Waals surface area contributed by atoms with E-state index in [0.29, 0.717) is 10.7 Å². The molecule has 0 saturated carbocycles. The minimum absolute atomic E-state index is 0.208. The lowest BCUT2D eigenvalue weighted by molar-refractivity contribution is -0.111. The number of halogens is 1. The Kier molecular flexibility index (Phi) is 5.00. The van der Waals surface area contributed by atoms with Gasteiger partial charge >= 0.3 is 0 Å². The third-order valence-corrected chi connectivity index (χ3v) is 4.19. The molecule has 0 aliphatic rings. The van der Waals surface area contributed by atoms with Gasteiger partial charge in [0.2, 0.25) is 5.91 Å². The number of nitrogens with one attached hydrogen (secondary N) is 1. The molecule has 0 radical (unpaired) electrons. The lowest BCUT2D eigenvalue weighted by Gasteiger charge is -2.03. The van der Waals surface area contributed by atoms with Crippen molar-refractivity contribution in [3.8, 4) is 0 Å². The monoisotopic (exact) mass is 335 g/mol. The molecule has 6 heteroatoms. The number of amides is 1. The summed E-state index contributed by atoms with van der Waals surface area (Å²) in [6.07, 6.45) is 4.16. The van der Waals surface area contributed by atoms with Crippen LogP contribution in [0.5, 0.6) is 0 Å². The molecule has 0 heterocycles. The van der Waals surface area contributed by atoms with Gasteiger partial charge in [-0.05, 0) is 48.0 Å². The minimum atomic E-state index is -3.24. The fourth-order valence-electron chi connectivity index (χ4n) is 1.75. The van der Waals surface area contributed by atoms with E-state index < -0.39 is 9.84 Å². The molecule has 0 aliphatic carbocycles. The quantitative estimate of drug-likeness (QED) is 0.871. The minimum Gasteiger partial charge on any atom is -0.323 e. The number of sulfone groups is 1. The van der Waals surface area contributed by atoms with Crippen LogP contribution in [0.2, 0.25) is 5.02 Å². The molecule has 0 unspecified atom stereocenters. The van der Waals surface area contributed by atoms with Gasteiger partial charge in [-0.2, -0.15) is 0 Å². The Labute approximate surface area is 134 Å². The van der Waals surface area contributed by atoms with Crippen molar-refractivity contribution >= 4 is 39.1 Å². The summed E-state index contributed by atoms with van der Waals surface area (Å²) in [5, 5.41) is 3.25. The maximum atomic E-state index is 11.8. The number of carbonyl (C=O) groups is 1. The fraction of sp³-hybridized carbons (Fsp3) is 0.0625. The zero-order chi connectivity index (χ0) is 16.2. The largest absolute Gasteiger partial charge is 0.323 e. The van der Waals surface area contributed by atoms with Crippen LogP contribution in [0.25, 0.3) is 6.08 Å². The highest BCUT2D eigenvalue weighted by Crippen LogP contribution is 2.14. The summed E-state index contributed by atoms with van der Waals surface area (Å²) in [5.41, 5.74) is 1.34. The van der Waals surface area contributed by atoms with Gasteiger partial charge in [0.25, 0.3) is 0 Å². The average molecular weight is 336 g/mol. The van der Waals surface area contributed by atoms with Crippen LogP contribution in [0, 0.1) is 0 Å². The Balaban J connectivity index is 2.03. The third-order valence-electron chi connectivity index (χ3n) is 2.83. The lowest BCUT2D eigenvalue weighted by atomic mass is 10.2. The van der Waals surface area contributed by atoms with E-state index in [0.717, 1.165) is 11.8 Å². The molecular formula is C16H14ClNO3S. The second-order valence-corrected chi connectivity index (χ2v) is 7.13. The van der Waals surface area contributed by atoms with Crippen molar-refractivity contribution in [3.63, 3.8) is 0 Å². The topological polar surface area (TPSA) is 63.2 Å². The summed E-state index contributed by atoms with van der Waals surface area (Å²) in [4.78, 5) is 12.0. The number of carbonyl (C=O) groups excluding carboxylic acids is 1. The van der Waals surface area contributed by atoms with Gasteiger partial charge in [-0.3, -0.25) is 4.79 Å². The van der Waals surface area contributed by atoms with Crippen LogP contribution in [0.1, 0.15) is 5.56 Å². The number of hydrogen-bond acceptors (Lipinski definition) is 3. The summed E-state index contributed by atoms with van der Waals surface area (Å²) in [5.74, 6) is -0.313. The second kappa shape index (κ2) is 6.77. The predicted molar refractivity (Wildman–Crippen MR) is 88.7 cm³/mol. The molecule has 0 aliphatic heterocycles. The highest BCUT2D eigenvalue weighted by Gasteiger charge is 2.06. The summed E-state index contributed by atoms with van der Waals surface area (Å²) < 4.78 is 22.7. The first-order chi connectivity index (χ1) is 10.3. The molecular weight excluding hydrogens is 322 g/mol. The Hall–Kier alpha value is -2.11. The lowest BCUT2D eigenvalue weighted by Crippen LogP contribution is -2.08. The van der Waals surface area contributed by atoms with Crippen LogP contribution in [-0.4, -0.2) is 20.6 Å². The molecule has 22 heavy (non-hydrogen) atoms. The summed E-state index contributed by atoms with van der Waals surface area (Å²) in [6, 6.07) is 13.1. The van der Waals surface area contributed by atoms with Crippen LogP contribution in [-0.2, 0) is 14.6 Å². The number of anilines is 1. The third kappa shape index (κ3) is 4.72. The first-order valence-electron chi connectivity index (χ1n) is 6.39. The Bertz CT molecular complexity index is 812. The Morgan fingerprint density at radius 3 is 2.41 bits per heavy atom. The van der Waals surface area contributed by atoms with E-state index in [1.165, 1.54) is 18.2 Å². The average Bonchev–Trinajstić information content (AvgIpc) is 2.45. The molecule has 2 aromatic rings. The van der Waals surface area contributed by atoms with Crippen LogP contribution in [0.4, 0.5) is 5.69 Å². The molecule has 0 bridgehead atoms. The highest BCUT2D eigenvalue weighted by molar-refractivity contribution is 7.90. The molecule has 2 rings (SSSR count). The van der Waals surface area contributed by atoms with E-state index in [9.17, 15) is 13.2 Å². The van der Waals surface area contributed by atoms with Crippen LogP contribution in [0.3, 0.4) is 0 Å². The van der Waals surface area contributed by atoms with Gasteiger partial charge in [-0.25, -0.2) is 8.42 Å². The molecule has 4 nitrogen and oxygen atoms in total. The van der Waals surface area contributed by atoms with Crippen LogP contribution in [0.15, 0.2) is 59.5 Å². The molecule has 0 aromatic heterocycles. The van der Waals surface area contributed by atoms with Crippen LogP contribution < -0.4 is 5.32 Å². The van der Waals surface area contributed by atoms with Crippen molar-refractivity contribution in [2.24, 2.45) is 0 Å². The van der Waals surface area contributed by atoms with E-state index in [-0.39, 0.29) is 10.8 Å². The number of benzene rings is 2. The van der Waals surface area contributed by atoms with Gasteiger partial charge in [0.15, 0.2) is 9.84 Å². The normalized spacial score (nSPS) is 11.5. The summed E-state index contributed by atoms with van der Waals surface area (Å²) in [6.45, 7) is 0. The second-order valence-electron chi connectivity index (χ2n) is 4.67. The van der Waals surface area contributed by atoms with Gasteiger partial charge in [-0.1, -0.05) is 23.7 Å². The van der Waals surface area contributed by atoms with E-state index >= 15 is 0 Å². The first kappa shape index (κ1) is 16.3. The number of rotatable bonds is 4. The summed E-state index contributed by atoms with van der Waals surface area (Å²) >= 11 is 5.86. The molecule has 0 fully saturated rings. The SMILES string of the molecule is CS(=O)(=O)c1ccc(NC(=O)/C=C/c2cccc(Cl)c2)cc1. The highest BCUT2D eigenvalue weighted by atomic mass is 35.5. The molecule has 1 amide bonds. The van der Waals surface area contributed by atoms with E-state index in [1.807, 2.05) is 6.07 Å². The number of hydrogen-bond donors (Lipinski definition) is 1. The van der Waals surface area contributed by atoms with Gasteiger partial charge < -0.3 is 5.32 Å². The maximum Gasteiger partial charge on any atom is 0.248 e. The van der Waals surface area contributed by atoms with Crippen LogP contribution >= 0.6 is 11.6 Å². The Morgan fingerprint density at radius 2 is 1.82 bits per heavy atom. The summed E-state index contributed by atoms with van der Waals surface area (Å²) in [7, 11) is -3.24. The zero-order valence-electron chi connectivity index (χ0n) is 11.8. The smallest absolute Gasteiger partial charge is 0.248 e. The molecule has 2 aromatic carbocycles. The molecule has 0 atom stereocenters. The van der Waals surface area contributed by atoms with Crippen molar-refractivity contribution < 1.29 is 13.2 Å². The maximum absolute atomic E-state index is 11.8. The molecule has 1 N–H and O–H groups in total. The van der Waals surface area contributed by atoms with Crippen molar-refractivity contribution in [3.05, 3.63) is 65.2 Å². The van der Waals surface area contributed by atoms with Crippen molar-refractivity contribution in [2.45, 2.75) is 4.90 Å². The van der Waals surface area contributed by atoms with E-state index in [2.05, 4.69) is 5.32 Å². The standard InChI is InChI=1S/C16H14ClNO3S/c1-22(20,21)15-8-6-14(7-9-15)18-16(19)10-5-12-3-2-4-13(17)11-12/h2-11H,1H3,(H,18,19)/b10-5+. The van der Waals surface area contributed by atoms with Crippen molar-refractivity contribution in [1.82, 2.24) is 0 Å². The fourth-order valence-corrected chi connectivity index (χ4v) is 2.58. The Morgan fingerprint density at radius 1 is 1.14 bits per heavy atom. The molecule has 0 saturated heterocycles. The predicted octanol–water partition coefficient (Wildman–Crippen LogP) is 3.40. The van der Waals surface area contributed by atoms with Gasteiger partial charge in [0, 0.05) is 23.0 Å². The molecule has 0 spiro atoms. The van der Waals surface area contributed by atoms with E-state index in [4.69, 9.17) is 11.6 Å². The van der Waals surface area contributed by atoms with Crippen molar-refractivity contribution in [1.29, 1.82) is 0 Å².